The molecule has 0 spiro atoms. The van der Waals surface area contributed by atoms with E-state index >= 15 is 0 Å². The van der Waals surface area contributed by atoms with Gasteiger partial charge in [0.1, 0.15) is 0 Å². The van der Waals surface area contributed by atoms with E-state index in [0.29, 0.717) is 17.6 Å². The number of fused-ring (bicyclic) bond motifs is 7. The molecule has 12 rings (SSSR count). The van der Waals surface area contributed by atoms with Crippen LogP contribution in [-0.2, 0) is 0 Å². The topological polar surface area (TPSA) is 48.5 Å². The van der Waals surface area contributed by atoms with Crippen LogP contribution in [0.5, 0.6) is 0 Å². The highest BCUT2D eigenvalue weighted by Crippen LogP contribution is 2.43. The summed E-state index contributed by atoms with van der Waals surface area (Å²) in [5, 5.41) is 4.58. The Balaban J connectivity index is 1.15. The van der Waals surface area contributed by atoms with Crippen molar-refractivity contribution in [1.82, 2.24) is 24.1 Å². The molecule has 0 N–H and O–H groups in total. The molecule has 5 heteroatoms. The first-order valence-corrected chi connectivity index (χ1v) is 21.0. The fraction of sp³-hybridized carbons (Fsp3) is 0. The summed E-state index contributed by atoms with van der Waals surface area (Å²) in [4.78, 5) is 16.0. The molecule has 0 saturated heterocycles. The van der Waals surface area contributed by atoms with E-state index in [1.54, 1.807) is 0 Å². The van der Waals surface area contributed by atoms with E-state index in [4.69, 9.17) is 15.0 Å². The van der Waals surface area contributed by atoms with Crippen LogP contribution in [0.2, 0.25) is 0 Å². The highest BCUT2D eigenvalue weighted by atomic mass is 15.2. The largest absolute Gasteiger partial charge is 0.307 e. The molecule has 5 nitrogen and oxygen atoms in total. The summed E-state index contributed by atoms with van der Waals surface area (Å²) in [7, 11) is 0. The Morgan fingerprint density at radius 1 is 0.258 bits per heavy atom. The highest BCUT2D eigenvalue weighted by Gasteiger charge is 2.24. The van der Waals surface area contributed by atoms with Crippen LogP contribution in [-0.4, -0.2) is 24.1 Å². The molecule has 0 fully saturated rings. The maximum atomic E-state index is 5.40. The summed E-state index contributed by atoms with van der Waals surface area (Å²) in [6, 6.07) is 79.2. The summed E-state index contributed by atoms with van der Waals surface area (Å²) >= 11 is 0. The summed E-state index contributed by atoms with van der Waals surface area (Å²) in [6.07, 6.45) is 0. The first kappa shape index (κ1) is 35.5. The number of nitrogens with zero attached hydrogens (tertiary/aromatic N) is 5. The first-order valence-electron chi connectivity index (χ1n) is 21.0. The second-order valence-corrected chi connectivity index (χ2v) is 15.6. The van der Waals surface area contributed by atoms with Crippen LogP contribution >= 0.6 is 0 Å². The molecule has 9 aromatic carbocycles. The van der Waals surface area contributed by atoms with Crippen molar-refractivity contribution in [3.8, 4) is 67.8 Å². The van der Waals surface area contributed by atoms with E-state index in [-0.39, 0.29) is 0 Å². The van der Waals surface area contributed by atoms with E-state index < -0.39 is 0 Å². The van der Waals surface area contributed by atoms with Gasteiger partial charge < -0.3 is 4.57 Å². The van der Waals surface area contributed by atoms with Crippen molar-refractivity contribution in [3.05, 3.63) is 224 Å². The van der Waals surface area contributed by atoms with Gasteiger partial charge in [-0.2, -0.15) is 9.97 Å². The third-order valence-corrected chi connectivity index (χ3v) is 12.0. The highest BCUT2D eigenvalue weighted by molar-refractivity contribution is 6.24. The van der Waals surface area contributed by atoms with Crippen LogP contribution in [0.25, 0.3) is 111 Å². The van der Waals surface area contributed by atoms with Crippen molar-refractivity contribution in [3.63, 3.8) is 0 Å². The monoisotopic (exact) mass is 791 g/mol. The lowest BCUT2D eigenvalue weighted by Crippen LogP contribution is -2.07. The van der Waals surface area contributed by atoms with E-state index in [0.717, 1.165) is 88.4 Å². The first-order chi connectivity index (χ1) is 30.8. The van der Waals surface area contributed by atoms with Crippen molar-refractivity contribution in [2.24, 2.45) is 0 Å². The second-order valence-electron chi connectivity index (χ2n) is 15.6. The minimum Gasteiger partial charge on any atom is -0.307 e. The van der Waals surface area contributed by atoms with Gasteiger partial charge in [0.15, 0.2) is 11.6 Å². The van der Waals surface area contributed by atoms with E-state index in [2.05, 4.69) is 221 Å². The van der Waals surface area contributed by atoms with Crippen molar-refractivity contribution in [2.45, 2.75) is 0 Å². The molecule has 0 amide bonds. The number of aromatic nitrogens is 5. The lowest BCUT2D eigenvalue weighted by molar-refractivity contribution is 0.953. The van der Waals surface area contributed by atoms with Crippen LogP contribution in [0.4, 0.5) is 0 Å². The maximum absolute atomic E-state index is 5.40. The molecular weight excluding hydrogens is 755 g/mol. The van der Waals surface area contributed by atoms with Gasteiger partial charge in [-0.05, 0) is 46.0 Å². The van der Waals surface area contributed by atoms with Crippen molar-refractivity contribution in [1.29, 1.82) is 0 Å². The van der Waals surface area contributed by atoms with Crippen LogP contribution in [0.15, 0.2) is 224 Å². The van der Waals surface area contributed by atoms with Gasteiger partial charge in [0.05, 0.1) is 27.8 Å². The fourth-order valence-corrected chi connectivity index (χ4v) is 9.10. The fourth-order valence-electron chi connectivity index (χ4n) is 9.10. The molecule has 3 aromatic heterocycles. The Morgan fingerprint density at radius 2 is 0.645 bits per heavy atom. The summed E-state index contributed by atoms with van der Waals surface area (Å²) < 4.78 is 4.71. The molecule has 62 heavy (non-hydrogen) atoms. The molecule has 0 saturated carbocycles. The van der Waals surface area contributed by atoms with Crippen molar-refractivity contribution in [2.75, 3.05) is 0 Å². The van der Waals surface area contributed by atoms with E-state index in [1.165, 1.54) is 5.39 Å². The molecule has 12 aromatic rings. The molecule has 3 heterocycles. The van der Waals surface area contributed by atoms with Crippen molar-refractivity contribution < 1.29 is 0 Å². The van der Waals surface area contributed by atoms with Gasteiger partial charge >= 0.3 is 0 Å². The Labute approximate surface area is 358 Å². The number of hydrogen-bond acceptors (Lipinski definition) is 3. The zero-order valence-corrected chi connectivity index (χ0v) is 33.6. The zero-order chi connectivity index (χ0) is 41.0. The molecular formula is C57H37N5. The molecule has 0 bridgehead atoms. The summed E-state index contributed by atoms with van der Waals surface area (Å²) in [6.45, 7) is 0. The van der Waals surface area contributed by atoms with Gasteiger partial charge in [0.2, 0.25) is 5.95 Å². The average Bonchev–Trinajstić information content (AvgIpc) is 3.88. The Morgan fingerprint density at radius 3 is 1.18 bits per heavy atom. The Bertz CT molecular complexity index is 3490. The Kier molecular flexibility index (Phi) is 8.42. The van der Waals surface area contributed by atoms with E-state index in [1.807, 2.05) is 12.1 Å². The van der Waals surface area contributed by atoms with Crippen molar-refractivity contribution >= 4 is 43.6 Å². The van der Waals surface area contributed by atoms with Gasteiger partial charge in [0.25, 0.3) is 0 Å². The lowest BCUT2D eigenvalue weighted by atomic mass is 10.0. The summed E-state index contributed by atoms with van der Waals surface area (Å²) in [5.41, 5.74) is 14.1. The quantitative estimate of drug-likeness (QED) is 0.162. The molecule has 0 aliphatic heterocycles. The lowest BCUT2D eigenvalue weighted by Gasteiger charge is -2.16. The number of benzene rings is 9. The number of para-hydroxylation sites is 3. The van der Waals surface area contributed by atoms with Gasteiger partial charge in [-0.15, -0.1) is 0 Å². The Hall–Kier alpha value is -8.41. The van der Waals surface area contributed by atoms with Crippen LogP contribution in [0.1, 0.15) is 0 Å². The maximum Gasteiger partial charge on any atom is 0.238 e. The normalized spacial score (nSPS) is 11.5. The third kappa shape index (κ3) is 5.90. The zero-order valence-electron chi connectivity index (χ0n) is 33.6. The predicted octanol–water partition coefficient (Wildman–Crippen LogP) is 14.4. The third-order valence-electron chi connectivity index (χ3n) is 12.0. The predicted molar refractivity (Wildman–Crippen MR) is 256 cm³/mol. The number of rotatable bonds is 7. The molecule has 0 atom stereocenters. The average molecular weight is 792 g/mol. The van der Waals surface area contributed by atoms with Gasteiger partial charge in [0, 0.05) is 38.2 Å². The summed E-state index contributed by atoms with van der Waals surface area (Å²) in [5.74, 6) is 1.76. The standard InChI is InChI=1S/C57H37N5/c1-4-16-38(17-5-1)40-28-32-43(33-29-40)55-58-56(44-34-30-41(31-35-44)39-18-6-2-7-19-39)60-57(59-55)62-52-27-15-12-24-47(52)49-37-36-48-46-23-11-14-26-51(46)61(53(48)54(49)62)50-25-13-10-22-45(50)42-20-8-3-9-21-42/h1-37H. The van der Waals surface area contributed by atoms with Crippen LogP contribution in [0, 0.1) is 0 Å². The van der Waals surface area contributed by atoms with Gasteiger partial charge in [-0.1, -0.05) is 206 Å². The second kappa shape index (κ2) is 14.7. The van der Waals surface area contributed by atoms with Gasteiger partial charge in [-0.25, -0.2) is 4.98 Å². The van der Waals surface area contributed by atoms with Gasteiger partial charge in [-0.3, -0.25) is 4.57 Å². The molecule has 0 aliphatic rings. The minimum atomic E-state index is 0.552. The van der Waals surface area contributed by atoms with E-state index in [9.17, 15) is 0 Å². The van der Waals surface area contributed by atoms with Crippen LogP contribution < -0.4 is 0 Å². The molecule has 0 aliphatic carbocycles. The van der Waals surface area contributed by atoms with Crippen LogP contribution in [0.3, 0.4) is 0 Å². The number of hydrogen-bond donors (Lipinski definition) is 0. The molecule has 290 valence electrons. The minimum absolute atomic E-state index is 0.552. The molecule has 0 unspecified atom stereocenters. The smallest absolute Gasteiger partial charge is 0.238 e. The SMILES string of the molecule is c1ccc(-c2ccc(-c3nc(-c4ccc(-c5ccccc5)cc4)nc(-n4c5ccccc5c5ccc6c7ccccc7n(-c7ccccc7-c7ccccc7)c6c54)n3)cc2)cc1. The molecule has 0 radical (unpaired) electrons.